The molecular formula is C13H16N2O3. The predicted molar refractivity (Wildman–Crippen MR) is 66.7 cm³/mol. The van der Waals surface area contributed by atoms with Gasteiger partial charge in [0.15, 0.2) is 0 Å². The molecule has 0 bridgehead atoms. The van der Waals surface area contributed by atoms with Crippen LogP contribution in [-0.2, 0) is 9.59 Å². The van der Waals surface area contributed by atoms with E-state index in [1.54, 1.807) is 12.1 Å². The lowest BCUT2D eigenvalue weighted by Gasteiger charge is -2.16. The first-order chi connectivity index (χ1) is 8.65. The largest absolute Gasteiger partial charge is 0.462 e. The molecule has 0 radical (unpaired) electrons. The summed E-state index contributed by atoms with van der Waals surface area (Å²) in [5, 5.41) is 2.73. The molecule has 0 aromatic carbocycles. The third-order valence-corrected chi connectivity index (χ3v) is 2.72. The number of carbonyl (C=O) groups excluding carboxylic acids is 2. The third kappa shape index (κ3) is 3.23. The molecule has 0 spiro atoms. The Bertz CT molecular complexity index is 476. The molecule has 2 rings (SSSR count). The minimum absolute atomic E-state index is 0.108. The summed E-state index contributed by atoms with van der Waals surface area (Å²) in [6, 6.07) is 3.64. The van der Waals surface area contributed by atoms with Crippen molar-refractivity contribution >= 4 is 17.9 Å². The molecule has 1 fully saturated rings. The van der Waals surface area contributed by atoms with Crippen LogP contribution in [0.3, 0.4) is 0 Å². The number of rotatable bonds is 2. The molecule has 0 aliphatic carbocycles. The summed E-state index contributed by atoms with van der Waals surface area (Å²) in [6.07, 6.45) is 3.85. The lowest BCUT2D eigenvalue weighted by Crippen LogP contribution is -2.36. The maximum absolute atomic E-state index is 11.9. The van der Waals surface area contributed by atoms with Gasteiger partial charge in [-0.05, 0) is 31.6 Å². The molecule has 1 saturated heterocycles. The number of hydrogen-bond acceptors (Lipinski definition) is 3. The van der Waals surface area contributed by atoms with E-state index in [0.717, 1.165) is 12.2 Å². The average molecular weight is 248 g/mol. The second-order valence-corrected chi connectivity index (χ2v) is 4.25. The van der Waals surface area contributed by atoms with Crippen molar-refractivity contribution in [3.63, 3.8) is 0 Å². The maximum Gasteiger partial charge on any atom is 0.247 e. The zero-order valence-corrected chi connectivity index (χ0v) is 10.3. The molecule has 0 atom stereocenters. The Kier molecular flexibility index (Phi) is 3.82. The Hall–Kier alpha value is -2.04. The number of hydrogen-bond donors (Lipinski definition) is 1. The summed E-state index contributed by atoms with van der Waals surface area (Å²) < 4.78 is 5.33. The van der Waals surface area contributed by atoms with Crippen molar-refractivity contribution in [2.75, 3.05) is 19.6 Å². The van der Waals surface area contributed by atoms with Gasteiger partial charge in [-0.3, -0.25) is 9.59 Å². The fourth-order valence-electron chi connectivity index (χ4n) is 1.80. The molecule has 0 unspecified atom stereocenters. The first-order valence-electron chi connectivity index (χ1n) is 5.95. The van der Waals surface area contributed by atoms with Crippen LogP contribution in [0.4, 0.5) is 0 Å². The van der Waals surface area contributed by atoms with Crippen molar-refractivity contribution in [1.82, 2.24) is 10.2 Å². The van der Waals surface area contributed by atoms with E-state index in [9.17, 15) is 9.59 Å². The molecule has 18 heavy (non-hydrogen) atoms. The van der Waals surface area contributed by atoms with Gasteiger partial charge < -0.3 is 14.6 Å². The van der Waals surface area contributed by atoms with E-state index >= 15 is 0 Å². The van der Waals surface area contributed by atoms with Crippen LogP contribution < -0.4 is 5.32 Å². The first kappa shape index (κ1) is 12.4. The number of aryl methyl sites for hydroxylation is 1. The van der Waals surface area contributed by atoms with Crippen molar-refractivity contribution < 1.29 is 14.0 Å². The van der Waals surface area contributed by atoms with Gasteiger partial charge in [-0.15, -0.1) is 0 Å². The molecule has 5 heteroatoms. The van der Waals surface area contributed by atoms with Crippen molar-refractivity contribution in [2.45, 2.75) is 13.3 Å². The monoisotopic (exact) mass is 248 g/mol. The van der Waals surface area contributed by atoms with Gasteiger partial charge in [-0.1, -0.05) is 0 Å². The van der Waals surface area contributed by atoms with Gasteiger partial charge in [-0.2, -0.15) is 0 Å². The van der Waals surface area contributed by atoms with Crippen LogP contribution in [0.1, 0.15) is 17.9 Å². The number of amides is 2. The minimum atomic E-state index is -0.166. The second kappa shape index (κ2) is 5.53. The standard InChI is InChI=1S/C13H16N2O3/c1-10-3-4-11(18-10)5-6-13(17)15-8-2-7-14-12(16)9-15/h3-6H,2,7-9H2,1H3,(H,14,16). The van der Waals surface area contributed by atoms with Crippen LogP contribution in [0, 0.1) is 6.92 Å². The molecule has 2 heterocycles. The smallest absolute Gasteiger partial charge is 0.247 e. The number of nitrogens with one attached hydrogen (secondary N) is 1. The van der Waals surface area contributed by atoms with Crippen LogP contribution in [0.15, 0.2) is 22.6 Å². The molecule has 1 aromatic heterocycles. The average Bonchev–Trinajstić information content (AvgIpc) is 2.63. The van der Waals surface area contributed by atoms with Crippen molar-refractivity contribution in [3.8, 4) is 0 Å². The lowest BCUT2D eigenvalue weighted by atomic mass is 10.3. The van der Waals surface area contributed by atoms with E-state index in [-0.39, 0.29) is 18.4 Å². The quantitative estimate of drug-likeness (QED) is 0.793. The van der Waals surface area contributed by atoms with E-state index in [1.807, 2.05) is 13.0 Å². The van der Waals surface area contributed by atoms with Crippen LogP contribution in [0.5, 0.6) is 0 Å². The minimum Gasteiger partial charge on any atom is -0.462 e. The van der Waals surface area contributed by atoms with Gasteiger partial charge in [0.05, 0.1) is 6.54 Å². The van der Waals surface area contributed by atoms with Crippen LogP contribution in [0.25, 0.3) is 6.08 Å². The Morgan fingerprint density at radius 3 is 3.06 bits per heavy atom. The number of nitrogens with zero attached hydrogens (tertiary/aromatic N) is 1. The lowest BCUT2D eigenvalue weighted by molar-refractivity contribution is -0.131. The van der Waals surface area contributed by atoms with Gasteiger partial charge in [0.25, 0.3) is 0 Å². The maximum atomic E-state index is 11.9. The first-order valence-corrected chi connectivity index (χ1v) is 5.95. The topological polar surface area (TPSA) is 62.6 Å². The van der Waals surface area contributed by atoms with Crippen molar-refractivity contribution in [2.24, 2.45) is 0 Å². The highest BCUT2D eigenvalue weighted by atomic mass is 16.3. The van der Waals surface area contributed by atoms with Gasteiger partial charge >= 0.3 is 0 Å². The van der Waals surface area contributed by atoms with Crippen LogP contribution in [0.2, 0.25) is 0 Å². The fraction of sp³-hybridized carbons (Fsp3) is 0.385. The molecule has 2 amide bonds. The van der Waals surface area contributed by atoms with E-state index in [4.69, 9.17) is 4.42 Å². The molecule has 1 aromatic rings. The second-order valence-electron chi connectivity index (χ2n) is 4.25. The summed E-state index contributed by atoms with van der Waals surface area (Å²) in [5.74, 6) is 1.17. The molecule has 0 saturated carbocycles. The zero-order chi connectivity index (χ0) is 13.0. The SMILES string of the molecule is Cc1ccc(C=CC(=O)N2CCCNC(=O)C2)o1. The normalized spacial score (nSPS) is 16.7. The van der Waals surface area contributed by atoms with Gasteiger partial charge in [0, 0.05) is 19.2 Å². The zero-order valence-electron chi connectivity index (χ0n) is 10.3. The van der Waals surface area contributed by atoms with Gasteiger partial charge in [0.2, 0.25) is 11.8 Å². The van der Waals surface area contributed by atoms with Crippen LogP contribution in [-0.4, -0.2) is 36.3 Å². The van der Waals surface area contributed by atoms with E-state index in [1.165, 1.54) is 11.0 Å². The molecule has 1 N–H and O–H groups in total. The summed E-state index contributed by atoms with van der Waals surface area (Å²) in [6.45, 7) is 3.20. The summed E-state index contributed by atoms with van der Waals surface area (Å²) >= 11 is 0. The molecular weight excluding hydrogens is 232 g/mol. The van der Waals surface area contributed by atoms with Gasteiger partial charge in [0.1, 0.15) is 11.5 Å². The van der Waals surface area contributed by atoms with E-state index in [0.29, 0.717) is 18.8 Å². The Morgan fingerprint density at radius 1 is 1.50 bits per heavy atom. The number of furan rings is 1. The highest BCUT2D eigenvalue weighted by Crippen LogP contribution is 2.08. The third-order valence-electron chi connectivity index (χ3n) is 2.72. The van der Waals surface area contributed by atoms with E-state index in [2.05, 4.69) is 5.32 Å². The molecule has 1 aliphatic rings. The summed E-state index contributed by atoms with van der Waals surface area (Å²) in [4.78, 5) is 24.8. The summed E-state index contributed by atoms with van der Waals surface area (Å²) in [7, 11) is 0. The summed E-state index contributed by atoms with van der Waals surface area (Å²) in [5.41, 5.74) is 0. The molecule has 96 valence electrons. The highest BCUT2D eigenvalue weighted by molar-refractivity contribution is 5.94. The van der Waals surface area contributed by atoms with Crippen molar-refractivity contribution in [1.29, 1.82) is 0 Å². The highest BCUT2D eigenvalue weighted by Gasteiger charge is 2.17. The van der Waals surface area contributed by atoms with Crippen molar-refractivity contribution in [3.05, 3.63) is 29.7 Å². The predicted octanol–water partition coefficient (Wildman–Crippen LogP) is 0.950. The Labute approximate surface area is 105 Å². The van der Waals surface area contributed by atoms with Gasteiger partial charge in [-0.25, -0.2) is 0 Å². The molecule has 5 nitrogen and oxygen atoms in total. The Balaban J connectivity index is 1.98. The number of carbonyl (C=O) groups is 2. The molecule has 1 aliphatic heterocycles. The van der Waals surface area contributed by atoms with Crippen LogP contribution >= 0.6 is 0 Å². The van der Waals surface area contributed by atoms with E-state index < -0.39 is 0 Å². The fourth-order valence-corrected chi connectivity index (χ4v) is 1.80. The Morgan fingerprint density at radius 2 is 2.33 bits per heavy atom.